The van der Waals surface area contributed by atoms with Gasteiger partial charge >= 0.3 is 0 Å². The first-order chi connectivity index (χ1) is 9.19. The molecule has 3 N–H and O–H groups in total. The summed E-state index contributed by atoms with van der Waals surface area (Å²) in [7, 11) is 0. The number of H-pyrrole nitrogens is 1. The van der Waals surface area contributed by atoms with Gasteiger partial charge in [-0.2, -0.15) is 0 Å². The van der Waals surface area contributed by atoms with Crippen LogP contribution in [0.1, 0.15) is 50.5 Å². The van der Waals surface area contributed by atoms with Crippen molar-refractivity contribution >= 4 is 11.6 Å². The maximum Gasteiger partial charge on any atom is 0.151 e. The lowest BCUT2D eigenvalue weighted by Gasteiger charge is -2.13. The van der Waals surface area contributed by atoms with Crippen LogP contribution in [-0.4, -0.2) is 28.2 Å². The van der Waals surface area contributed by atoms with Crippen molar-refractivity contribution in [3.63, 3.8) is 0 Å². The molecule has 0 bridgehead atoms. The molecule has 5 heteroatoms. The molecule has 1 heterocycles. The second kappa shape index (κ2) is 6.73. The first-order valence-corrected chi connectivity index (χ1v) is 7.62. The highest BCUT2D eigenvalue weighted by Crippen LogP contribution is 2.47. The van der Waals surface area contributed by atoms with Crippen LogP contribution in [0.15, 0.2) is 0 Å². The third-order valence-corrected chi connectivity index (χ3v) is 4.26. The molecule has 1 saturated carbocycles. The van der Waals surface area contributed by atoms with Crippen LogP contribution in [-0.2, 0) is 13.0 Å². The molecule has 108 valence electrons. The van der Waals surface area contributed by atoms with Crippen molar-refractivity contribution in [2.75, 3.05) is 13.2 Å². The fourth-order valence-corrected chi connectivity index (χ4v) is 2.62. The molecule has 1 aliphatic carbocycles. The molecule has 0 atom stereocenters. The molecular formula is C14H24ClN3O. The van der Waals surface area contributed by atoms with Crippen LogP contribution in [0.2, 0.25) is 5.15 Å². The molecule has 1 aliphatic rings. The van der Waals surface area contributed by atoms with Crippen LogP contribution in [0.25, 0.3) is 0 Å². The molecule has 0 aromatic carbocycles. The van der Waals surface area contributed by atoms with E-state index in [4.69, 9.17) is 16.7 Å². The summed E-state index contributed by atoms with van der Waals surface area (Å²) < 4.78 is 0. The molecule has 19 heavy (non-hydrogen) atoms. The van der Waals surface area contributed by atoms with E-state index in [1.807, 2.05) is 0 Å². The van der Waals surface area contributed by atoms with E-state index in [0.29, 0.717) is 10.6 Å². The summed E-state index contributed by atoms with van der Waals surface area (Å²) in [6.45, 7) is 4.13. The molecule has 0 aliphatic heterocycles. The lowest BCUT2D eigenvalue weighted by atomic mass is 10.0. The minimum absolute atomic E-state index is 0.285. The molecule has 4 nitrogen and oxygen atoms in total. The predicted molar refractivity (Wildman–Crippen MR) is 77.3 cm³/mol. The van der Waals surface area contributed by atoms with E-state index in [1.54, 1.807) is 0 Å². The van der Waals surface area contributed by atoms with Crippen molar-refractivity contribution in [1.29, 1.82) is 0 Å². The second-order valence-corrected chi connectivity index (χ2v) is 5.99. The minimum Gasteiger partial charge on any atom is -0.396 e. The van der Waals surface area contributed by atoms with Gasteiger partial charge in [0, 0.05) is 26.1 Å². The van der Waals surface area contributed by atoms with Crippen LogP contribution in [0, 0.1) is 5.41 Å². The van der Waals surface area contributed by atoms with Crippen molar-refractivity contribution < 1.29 is 5.11 Å². The summed E-state index contributed by atoms with van der Waals surface area (Å²) in [5, 5.41) is 13.0. The van der Waals surface area contributed by atoms with Crippen molar-refractivity contribution in [2.45, 2.75) is 52.0 Å². The van der Waals surface area contributed by atoms with E-state index < -0.39 is 0 Å². The largest absolute Gasteiger partial charge is 0.396 e. The number of hydrogen-bond acceptors (Lipinski definition) is 3. The zero-order valence-corrected chi connectivity index (χ0v) is 12.4. The number of imidazole rings is 1. The van der Waals surface area contributed by atoms with Gasteiger partial charge in [0.15, 0.2) is 5.15 Å². The van der Waals surface area contributed by atoms with E-state index in [-0.39, 0.29) is 6.61 Å². The molecule has 0 unspecified atom stereocenters. The van der Waals surface area contributed by atoms with Crippen molar-refractivity contribution in [3.8, 4) is 0 Å². The lowest BCUT2D eigenvalue weighted by molar-refractivity contribution is 0.245. The summed E-state index contributed by atoms with van der Waals surface area (Å²) >= 11 is 6.13. The Bertz CT molecular complexity index is 401. The number of halogens is 1. The Morgan fingerprint density at radius 2 is 2.26 bits per heavy atom. The fraction of sp³-hybridized carbons (Fsp3) is 0.786. The summed E-state index contributed by atoms with van der Waals surface area (Å²) in [6.07, 6.45) is 6.60. The third-order valence-electron chi connectivity index (χ3n) is 3.95. The smallest absolute Gasteiger partial charge is 0.151 e. The Balaban J connectivity index is 1.77. The number of rotatable bonds is 9. The highest BCUT2D eigenvalue weighted by molar-refractivity contribution is 6.30. The van der Waals surface area contributed by atoms with Crippen LogP contribution in [0.5, 0.6) is 0 Å². The summed E-state index contributed by atoms with van der Waals surface area (Å²) in [6, 6.07) is 0. The maximum atomic E-state index is 9.02. The monoisotopic (exact) mass is 285 g/mol. The quantitative estimate of drug-likeness (QED) is 0.654. The first kappa shape index (κ1) is 14.8. The molecule has 1 aromatic heterocycles. The highest BCUT2D eigenvalue weighted by Gasteiger charge is 2.41. The molecule has 0 spiro atoms. The van der Waals surface area contributed by atoms with E-state index in [1.165, 1.54) is 12.8 Å². The van der Waals surface area contributed by atoms with Gasteiger partial charge in [0.25, 0.3) is 0 Å². The van der Waals surface area contributed by atoms with Gasteiger partial charge in [-0.05, 0) is 31.1 Å². The molecule has 0 radical (unpaired) electrons. The fourth-order valence-electron chi connectivity index (χ4n) is 2.40. The van der Waals surface area contributed by atoms with E-state index in [9.17, 15) is 0 Å². The number of unbranched alkanes of at least 4 members (excludes halogenated alkanes) is 1. The van der Waals surface area contributed by atoms with Gasteiger partial charge < -0.3 is 15.4 Å². The molecular weight excluding hydrogens is 262 g/mol. The number of aliphatic hydroxyl groups excluding tert-OH is 1. The molecule has 0 amide bonds. The second-order valence-electron chi connectivity index (χ2n) is 5.63. The maximum absolute atomic E-state index is 9.02. The Morgan fingerprint density at radius 1 is 1.47 bits per heavy atom. The summed E-state index contributed by atoms with van der Waals surface area (Å²) in [4.78, 5) is 7.65. The first-order valence-electron chi connectivity index (χ1n) is 7.24. The standard InChI is InChI=1S/C14H24ClN3O/c1-2-3-4-12-17-11(13(15)18-12)9-16-10-14(5-6-14)7-8-19/h16,19H,2-10H2,1H3,(H,17,18). The van der Waals surface area contributed by atoms with Gasteiger partial charge in [-0.25, -0.2) is 4.98 Å². The number of aryl methyl sites for hydroxylation is 1. The molecule has 1 aromatic rings. The van der Waals surface area contributed by atoms with Crippen LogP contribution in [0.4, 0.5) is 0 Å². The normalized spacial score (nSPS) is 16.8. The van der Waals surface area contributed by atoms with Gasteiger partial charge in [0.1, 0.15) is 5.82 Å². The van der Waals surface area contributed by atoms with Crippen molar-refractivity contribution in [3.05, 3.63) is 16.7 Å². The number of aromatic amines is 1. The topological polar surface area (TPSA) is 60.9 Å². The van der Waals surface area contributed by atoms with Gasteiger partial charge in [0.05, 0.1) is 5.69 Å². The van der Waals surface area contributed by atoms with Gasteiger partial charge in [0.2, 0.25) is 0 Å². The van der Waals surface area contributed by atoms with E-state index in [0.717, 1.165) is 50.3 Å². The zero-order chi connectivity index (χ0) is 13.7. The number of hydrogen-bond donors (Lipinski definition) is 3. The molecule has 0 saturated heterocycles. The number of nitrogens with one attached hydrogen (secondary N) is 2. The minimum atomic E-state index is 0.285. The Labute approximate surface area is 120 Å². The average molecular weight is 286 g/mol. The van der Waals surface area contributed by atoms with Crippen LogP contribution < -0.4 is 5.32 Å². The summed E-state index contributed by atoms with van der Waals surface area (Å²) in [5.74, 6) is 0.986. The molecule has 1 fully saturated rings. The van der Waals surface area contributed by atoms with Gasteiger partial charge in [-0.15, -0.1) is 0 Å². The van der Waals surface area contributed by atoms with Crippen molar-refractivity contribution in [2.24, 2.45) is 5.41 Å². The SMILES string of the molecule is CCCCc1nc(Cl)c(CNCC2(CCO)CC2)[nH]1. The average Bonchev–Trinajstić information content (AvgIpc) is 3.05. The Kier molecular flexibility index (Phi) is 5.25. The van der Waals surface area contributed by atoms with Crippen molar-refractivity contribution in [1.82, 2.24) is 15.3 Å². The lowest BCUT2D eigenvalue weighted by Crippen LogP contribution is -2.24. The van der Waals surface area contributed by atoms with Crippen LogP contribution in [0.3, 0.4) is 0 Å². The Hall–Kier alpha value is -0.580. The molecule has 2 rings (SSSR count). The van der Waals surface area contributed by atoms with Crippen LogP contribution >= 0.6 is 11.6 Å². The van der Waals surface area contributed by atoms with E-state index in [2.05, 4.69) is 22.2 Å². The van der Waals surface area contributed by atoms with Gasteiger partial charge in [-0.1, -0.05) is 24.9 Å². The number of aliphatic hydroxyl groups is 1. The zero-order valence-electron chi connectivity index (χ0n) is 11.6. The number of nitrogens with zero attached hydrogens (tertiary/aromatic N) is 1. The van der Waals surface area contributed by atoms with Gasteiger partial charge in [-0.3, -0.25) is 0 Å². The number of aromatic nitrogens is 2. The third kappa shape index (κ3) is 4.20. The Morgan fingerprint density at radius 3 is 2.89 bits per heavy atom. The summed E-state index contributed by atoms with van der Waals surface area (Å²) in [5.41, 5.74) is 1.32. The predicted octanol–water partition coefficient (Wildman–Crippen LogP) is 2.66. The highest BCUT2D eigenvalue weighted by atomic mass is 35.5. The van der Waals surface area contributed by atoms with E-state index >= 15 is 0 Å².